The minimum atomic E-state index is -0.997. The normalized spacial score (nSPS) is 16.5. The van der Waals surface area contributed by atoms with Crippen LogP contribution in [0.25, 0.3) is 0 Å². The molecule has 0 spiro atoms. The highest BCUT2D eigenvalue weighted by atomic mass is 16.2. The van der Waals surface area contributed by atoms with E-state index in [4.69, 9.17) is 10.8 Å². The summed E-state index contributed by atoms with van der Waals surface area (Å²) in [5.41, 5.74) is 10.1. The Labute approximate surface area is 224 Å². The first kappa shape index (κ1) is 25.7. The van der Waals surface area contributed by atoms with Gasteiger partial charge in [-0.3, -0.25) is 9.69 Å². The fourth-order valence-corrected chi connectivity index (χ4v) is 5.10. The van der Waals surface area contributed by atoms with E-state index in [1.807, 2.05) is 60.7 Å². The Bertz CT molecular complexity index is 1320. The summed E-state index contributed by atoms with van der Waals surface area (Å²) in [6, 6.07) is 25.1. The van der Waals surface area contributed by atoms with Crippen molar-refractivity contribution in [3.8, 4) is 0 Å². The number of amides is 3. The molecule has 0 unspecified atom stereocenters. The Kier molecular flexibility index (Phi) is 7.29. The molecule has 0 saturated heterocycles. The van der Waals surface area contributed by atoms with Crippen molar-refractivity contribution < 1.29 is 9.59 Å². The molecule has 3 amide bonds. The van der Waals surface area contributed by atoms with Gasteiger partial charge in [0.25, 0.3) is 0 Å². The number of urea groups is 1. The molecular formula is C31H35N5O2. The molecule has 1 heterocycles. The molecular weight excluding hydrogens is 474 g/mol. The van der Waals surface area contributed by atoms with Gasteiger partial charge in [-0.05, 0) is 62.6 Å². The molecule has 0 aromatic heterocycles. The van der Waals surface area contributed by atoms with Crippen LogP contribution in [0.5, 0.6) is 0 Å². The SMILES string of the molecule is CC(C)(N)C(=O)Nc1ccc(N2C(=O)N(Cc3ccccc3)N=C(C3CCCCC3)c3ccccc32)cc1. The van der Waals surface area contributed by atoms with Gasteiger partial charge in [0, 0.05) is 17.2 Å². The maximum atomic E-state index is 14.2. The number of nitrogens with zero attached hydrogens (tertiary/aromatic N) is 3. The lowest BCUT2D eigenvalue weighted by Crippen LogP contribution is -2.45. The van der Waals surface area contributed by atoms with E-state index in [1.165, 1.54) is 19.3 Å². The average molecular weight is 510 g/mol. The lowest BCUT2D eigenvalue weighted by molar-refractivity contribution is -0.120. The second-order valence-corrected chi connectivity index (χ2v) is 10.7. The standard InChI is InChI=1S/C31H35N5O2/c1-31(2,32)29(37)33-24-17-19-25(20-18-24)36-27-16-10-9-15-26(27)28(23-13-7-4-8-14-23)34-35(30(36)38)21-22-11-5-3-6-12-22/h3,5-6,9-12,15-20,23H,4,7-8,13-14,21,32H2,1-2H3,(H,33,37). The number of hydrazone groups is 1. The highest BCUT2D eigenvalue weighted by Crippen LogP contribution is 2.38. The van der Waals surface area contributed by atoms with Gasteiger partial charge in [-0.25, -0.2) is 9.80 Å². The number of carbonyl (C=O) groups is 2. The third-order valence-electron chi connectivity index (χ3n) is 7.20. The van der Waals surface area contributed by atoms with Crippen molar-refractivity contribution in [1.29, 1.82) is 0 Å². The zero-order valence-corrected chi connectivity index (χ0v) is 22.1. The first-order chi connectivity index (χ1) is 18.3. The topological polar surface area (TPSA) is 91.0 Å². The maximum absolute atomic E-state index is 14.2. The highest BCUT2D eigenvalue weighted by molar-refractivity contribution is 6.13. The Morgan fingerprint density at radius 1 is 0.947 bits per heavy atom. The van der Waals surface area contributed by atoms with Gasteiger partial charge in [-0.15, -0.1) is 0 Å². The van der Waals surface area contributed by atoms with Crippen LogP contribution in [0.4, 0.5) is 21.9 Å². The van der Waals surface area contributed by atoms with Crippen LogP contribution in [0.1, 0.15) is 57.1 Å². The lowest BCUT2D eigenvalue weighted by Gasteiger charge is -2.27. The van der Waals surface area contributed by atoms with Gasteiger partial charge in [0.05, 0.1) is 29.2 Å². The number of benzene rings is 3. The average Bonchev–Trinajstić information content (AvgIpc) is 3.04. The third kappa shape index (κ3) is 5.48. The summed E-state index contributed by atoms with van der Waals surface area (Å²) in [5, 5.41) is 9.51. The summed E-state index contributed by atoms with van der Waals surface area (Å²) in [6.45, 7) is 3.70. The summed E-state index contributed by atoms with van der Waals surface area (Å²) in [6.07, 6.45) is 5.75. The third-order valence-corrected chi connectivity index (χ3v) is 7.20. The maximum Gasteiger partial charge on any atom is 0.349 e. The number of rotatable bonds is 6. The van der Waals surface area contributed by atoms with Crippen LogP contribution < -0.4 is 16.0 Å². The molecule has 0 atom stereocenters. The first-order valence-corrected chi connectivity index (χ1v) is 13.3. The van der Waals surface area contributed by atoms with Crippen LogP contribution in [0.2, 0.25) is 0 Å². The van der Waals surface area contributed by atoms with Gasteiger partial charge < -0.3 is 11.1 Å². The van der Waals surface area contributed by atoms with Crippen molar-refractivity contribution in [3.63, 3.8) is 0 Å². The molecule has 196 valence electrons. The van der Waals surface area contributed by atoms with E-state index in [-0.39, 0.29) is 11.9 Å². The molecule has 1 aliphatic carbocycles. The number of hydrogen-bond donors (Lipinski definition) is 2. The number of anilines is 3. The molecule has 1 saturated carbocycles. The molecule has 3 N–H and O–H groups in total. The summed E-state index contributed by atoms with van der Waals surface area (Å²) < 4.78 is 0. The molecule has 1 aliphatic heterocycles. The van der Waals surface area contributed by atoms with E-state index in [1.54, 1.807) is 35.9 Å². The molecule has 3 aromatic carbocycles. The van der Waals surface area contributed by atoms with E-state index in [2.05, 4.69) is 11.4 Å². The summed E-state index contributed by atoms with van der Waals surface area (Å²) in [5.74, 6) is 0.0362. The Morgan fingerprint density at radius 3 is 2.29 bits per heavy atom. The molecule has 0 radical (unpaired) electrons. The first-order valence-electron chi connectivity index (χ1n) is 13.3. The van der Waals surface area contributed by atoms with Crippen molar-refractivity contribution in [2.24, 2.45) is 16.8 Å². The van der Waals surface area contributed by atoms with Gasteiger partial charge in [-0.1, -0.05) is 67.8 Å². The predicted octanol–water partition coefficient (Wildman–Crippen LogP) is 6.42. The Hall–Kier alpha value is -3.97. The van der Waals surface area contributed by atoms with Crippen LogP contribution in [-0.2, 0) is 11.3 Å². The monoisotopic (exact) mass is 509 g/mol. The molecule has 3 aromatic rings. The Balaban J connectivity index is 1.56. The van der Waals surface area contributed by atoms with E-state index in [0.717, 1.165) is 35.4 Å². The largest absolute Gasteiger partial charge is 0.349 e. The van der Waals surface area contributed by atoms with Crippen molar-refractivity contribution in [2.45, 2.75) is 58.0 Å². The quantitative estimate of drug-likeness (QED) is 0.402. The smallest absolute Gasteiger partial charge is 0.325 e. The van der Waals surface area contributed by atoms with Gasteiger partial charge in [0.1, 0.15) is 0 Å². The summed E-state index contributed by atoms with van der Waals surface area (Å²) >= 11 is 0. The molecule has 7 nitrogen and oxygen atoms in total. The number of nitrogens with two attached hydrogens (primary N) is 1. The molecule has 5 rings (SSSR count). The summed E-state index contributed by atoms with van der Waals surface area (Å²) in [4.78, 5) is 28.3. The minimum absolute atomic E-state index is 0.216. The van der Waals surface area contributed by atoms with Crippen molar-refractivity contribution >= 4 is 34.7 Å². The van der Waals surface area contributed by atoms with Crippen LogP contribution >= 0.6 is 0 Å². The zero-order chi connectivity index (χ0) is 26.7. The minimum Gasteiger partial charge on any atom is -0.325 e. The van der Waals surface area contributed by atoms with E-state index < -0.39 is 5.54 Å². The van der Waals surface area contributed by atoms with E-state index in [0.29, 0.717) is 23.8 Å². The summed E-state index contributed by atoms with van der Waals surface area (Å²) in [7, 11) is 0. The molecule has 0 bridgehead atoms. The van der Waals surface area contributed by atoms with Gasteiger partial charge in [0.15, 0.2) is 0 Å². The fraction of sp³-hybridized carbons (Fsp3) is 0.323. The van der Waals surface area contributed by atoms with Crippen LogP contribution in [0.3, 0.4) is 0 Å². The molecule has 38 heavy (non-hydrogen) atoms. The number of para-hydroxylation sites is 1. The predicted molar refractivity (Wildman–Crippen MR) is 152 cm³/mol. The van der Waals surface area contributed by atoms with E-state index in [9.17, 15) is 9.59 Å². The van der Waals surface area contributed by atoms with Crippen LogP contribution in [-0.4, -0.2) is 28.2 Å². The fourth-order valence-electron chi connectivity index (χ4n) is 5.10. The highest BCUT2D eigenvalue weighted by Gasteiger charge is 2.34. The molecule has 1 fully saturated rings. The second kappa shape index (κ2) is 10.8. The zero-order valence-electron chi connectivity index (χ0n) is 22.1. The van der Waals surface area contributed by atoms with Crippen LogP contribution in [0.15, 0.2) is 84.0 Å². The van der Waals surface area contributed by atoms with Gasteiger partial charge in [0.2, 0.25) is 5.91 Å². The number of nitrogens with one attached hydrogen (secondary N) is 1. The Morgan fingerprint density at radius 2 is 1.61 bits per heavy atom. The van der Waals surface area contributed by atoms with Gasteiger partial charge >= 0.3 is 6.03 Å². The number of carbonyl (C=O) groups excluding carboxylic acids is 2. The number of fused-ring (bicyclic) bond motifs is 1. The number of hydrogen-bond acceptors (Lipinski definition) is 4. The van der Waals surface area contributed by atoms with E-state index >= 15 is 0 Å². The van der Waals surface area contributed by atoms with Crippen LogP contribution in [0, 0.1) is 5.92 Å². The lowest BCUT2D eigenvalue weighted by atomic mass is 9.83. The van der Waals surface area contributed by atoms with Crippen molar-refractivity contribution in [1.82, 2.24) is 5.01 Å². The molecule has 7 heteroatoms. The van der Waals surface area contributed by atoms with Crippen molar-refractivity contribution in [3.05, 3.63) is 90.0 Å². The van der Waals surface area contributed by atoms with Gasteiger partial charge in [-0.2, -0.15) is 5.10 Å². The molecule has 2 aliphatic rings. The second-order valence-electron chi connectivity index (χ2n) is 10.7. The van der Waals surface area contributed by atoms with Crippen molar-refractivity contribution in [2.75, 3.05) is 10.2 Å².